The maximum absolute atomic E-state index is 4.86. The van der Waals surface area contributed by atoms with E-state index in [4.69, 9.17) is 10.1 Å². The van der Waals surface area contributed by atoms with Crippen LogP contribution in [0.1, 0.15) is 5.56 Å². The van der Waals surface area contributed by atoms with Gasteiger partial charge >= 0.3 is 0 Å². The second-order valence-electron chi connectivity index (χ2n) is 6.62. The summed E-state index contributed by atoms with van der Waals surface area (Å²) in [5.41, 5.74) is 4.70. The number of aromatic nitrogens is 5. The molecule has 0 bridgehead atoms. The third kappa shape index (κ3) is 3.43. The fourth-order valence-electron chi connectivity index (χ4n) is 3.21. The van der Waals surface area contributed by atoms with Gasteiger partial charge in [0.05, 0.1) is 0 Å². The molecule has 2 aromatic heterocycles. The average molecular weight is 378 g/mol. The van der Waals surface area contributed by atoms with Gasteiger partial charge in [0.1, 0.15) is 11.4 Å². The zero-order valence-electron chi connectivity index (χ0n) is 15.6. The molecular formula is C23H18N6. The highest BCUT2D eigenvalue weighted by atomic mass is 15.4. The van der Waals surface area contributed by atoms with Crippen molar-refractivity contribution in [1.82, 2.24) is 24.8 Å². The number of benzene rings is 3. The van der Waals surface area contributed by atoms with Crippen molar-refractivity contribution in [1.29, 1.82) is 0 Å². The first-order chi connectivity index (χ1) is 14.4. The largest absolute Gasteiger partial charge is 0.349 e. The zero-order valence-corrected chi connectivity index (χ0v) is 15.6. The lowest BCUT2D eigenvalue weighted by atomic mass is 10.0. The normalized spacial score (nSPS) is 10.9. The number of anilines is 1. The van der Waals surface area contributed by atoms with Crippen LogP contribution in [-0.4, -0.2) is 24.8 Å². The summed E-state index contributed by atoms with van der Waals surface area (Å²) in [6.45, 7) is 0.629. The van der Waals surface area contributed by atoms with E-state index in [1.807, 2.05) is 78.9 Å². The molecule has 0 spiro atoms. The second kappa shape index (κ2) is 7.52. The van der Waals surface area contributed by atoms with Gasteiger partial charge in [-0.2, -0.15) is 9.61 Å². The van der Waals surface area contributed by atoms with Crippen LogP contribution in [0.3, 0.4) is 0 Å². The molecule has 140 valence electrons. The molecule has 0 aliphatic heterocycles. The van der Waals surface area contributed by atoms with Crippen LogP contribution in [0.25, 0.3) is 28.3 Å². The Morgan fingerprint density at radius 3 is 1.90 bits per heavy atom. The van der Waals surface area contributed by atoms with Gasteiger partial charge in [-0.25, -0.2) is 4.98 Å². The zero-order chi connectivity index (χ0) is 19.5. The van der Waals surface area contributed by atoms with Crippen molar-refractivity contribution >= 4 is 11.7 Å². The Bertz CT molecular complexity index is 1230. The van der Waals surface area contributed by atoms with Crippen molar-refractivity contribution in [3.8, 4) is 22.5 Å². The van der Waals surface area contributed by atoms with Crippen LogP contribution >= 0.6 is 0 Å². The van der Waals surface area contributed by atoms with E-state index in [-0.39, 0.29) is 0 Å². The summed E-state index contributed by atoms with van der Waals surface area (Å²) in [5.74, 6) is 1.02. The standard InChI is InChI=1S/C23H18N6/c1-4-10-17(11-5-1)16-24-22-26-27-23-25-20(18-12-6-2-7-13-18)21(28-29(22)23)19-14-8-3-9-15-19/h1-15H,16H2,(H,24,26). The van der Waals surface area contributed by atoms with Crippen LogP contribution in [-0.2, 0) is 6.54 Å². The van der Waals surface area contributed by atoms with Gasteiger partial charge in [0.2, 0.25) is 5.95 Å². The lowest BCUT2D eigenvalue weighted by Gasteiger charge is -2.10. The van der Waals surface area contributed by atoms with Crippen LogP contribution < -0.4 is 5.32 Å². The molecule has 0 unspecified atom stereocenters. The molecule has 6 nitrogen and oxygen atoms in total. The minimum Gasteiger partial charge on any atom is -0.349 e. The monoisotopic (exact) mass is 378 g/mol. The Hall–Kier alpha value is -4.06. The highest BCUT2D eigenvalue weighted by Gasteiger charge is 2.16. The summed E-state index contributed by atoms with van der Waals surface area (Å²) < 4.78 is 1.66. The molecule has 0 fully saturated rings. The van der Waals surface area contributed by atoms with E-state index in [9.17, 15) is 0 Å². The Morgan fingerprint density at radius 1 is 0.655 bits per heavy atom. The van der Waals surface area contributed by atoms with Crippen LogP contribution in [0, 0.1) is 0 Å². The van der Waals surface area contributed by atoms with Crippen LogP contribution in [0.2, 0.25) is 0 Å². The van der Waals surface area contributed by atoms with Crippen LogP contribution in [0.4, 0.5) is 5.95 Å². The first-order valence-corrected chi connectivity index (χ1v) is 9.40. The highest BCUT2D eigenvalue weighted by Crippen LogP contribution is 2.29. The first-order valence-electron chi connectivity index (χ1n) is 9.40. The van der Waals surface area contributed by atoms with Gasteiger partial charge < -0.3 is 5.32 Å². The molecule has 1 N–H and O–H groups in total. The number of fused-ring (bicyclic) bond motifs is 1. The van der Waals surface area contributed by atoms with E-state index in [0.717, 1.165) is 28.1 Å². The molecule has 0 aliphatic rings. The smallest absolute Gasteiger partial charge is 0.274 e. The molecular weight excluding hydrogens is 360 g/mol. The third-order valence-electron chi connectivity index (χ3n) is 4.65. The van der Waals surface area contributed by atoms with E-state index in [0.29, 0.717) is 18.3 Å². The molecule has 0 amide bonds. The maximum Gasteiger partial charge on any atom is 0.274 e. The highest BCUT2D eigenvalue weighted by molar-refractivity contribution is 5.78. The molecule has 0 radical (unpaired) electrons. The summed E-state index contributed by atoms with van der Waals surface area (Å²) in [5, 5.41) is 16.7. The fourth-order valence-corrected chi connectivity index (χ4v) is 3.21. The summed E-state index contributed by atoms with van der Waals surface area (Å²) in [7, 11) is 0. The lowest BCUT2D eigenvalue weighted by Crippen LogP contribution is -2.07. The van der Waals surface area contributed by atoms with Gasteiger partial charge in [-0.1, -0.05) is 91.0 Å². The van der Waals surface area contributed by atoms with Gasteiger partial charge in [-0.3, -0.25) is 0 Å². The molecule has 6 heteroatoms. The molecule has 2 heterocycles. The van der Waals surface area contributed by atoms with E-state index >= 15 is 0 Å². The molecule has 5 rings (SSSR count). The predicted octanol–water partition coefficient (Wildman–Crippen LogP) is 4.47. The summed E-state index contributed by atoms with van der Waals surface area (Å²) in [6, 6.07) is 30.2. The van der Waals surface area contributed by atoms with E-state index in [1.165, 1.54) is 0 Å². The molecule has 3 aromatic carbocycles. The molecule has 5 aromatic rings. The predicted molar refractivity (Wildman–Crippen MR) is 113 cm³/mol. The van der Waals surface area contributed by atoms with Crippen molar-refractivity contribution in [2.45, 2.75) is 6.54 Å². The maximum atomic E-state index is 4.86. The van der Waals surface area contributed by atoms with Crippen molar-refractivity contribution in [3.05, 3.63) is 96.6 Å². The van der Waals surface area contributed by atoms with Crippen LogP contribution in [0.15, 0.2) is 91.0 Å². The van der Waals surface area contributed by atoms with Crippen molar-refractivity contribution in [2.75, 3.05) is 5.32 Å². The molecule has 0 saturated carbocycles. The topological polar surface area (TPSA) is 68.0 Å². The minimum absolute atomic E-state index is 0.457. The molecule has 0 saturated heterocycles. The van der Waals surface area contributed by atoms with Gasteiger partial charge in [0.25, 0.3) is 5.78 Å². The van der Waals surface area contributed by atoms with Crippen molar-refractivity contribution in [2.24, 2.45) is 0 Å². The van der Waals surface area contributed by atoms with Crippen molar-refractivity contribution < 1.29 is 0 Å². The van der Waals surface area contributed by atoms with E-state index in [1.54, 1.807) is 4.52 Å². The first kappa shape index (κ1) is 17.1. The summed E-state index contributed by atoms with van der Waals surface area (Å²) in [4.78, 5) is 4.78. The molecule has 29 heavy (non-hydrogen) atoms. The minimum atomic E-state index is 0.457. The van der Waals surface area contributed by atoms with Gasteiger partial charge in [-0.05, 0) is 5.56 Å². The molecule has 0 aliphatic carbocycles. The number of nitrogens with zero attached hydrogens (tertiary/aromatic N) is 5. The Balaban J connectivity index is 1.61. The van der Waals surface area contributed by atoms with Gasteiger partial charge in [-0.15, -0.1) is 10.2 Å². The number of nitrogens with one attached hydrogen (secondary N) is 1. The Labute approximate surface area is 167 Å². The Morgan fingerprint density at radius 2 is 1.24 bits per heavy atom. The lowest BCUT2D eigenvalue weighted by molar-refractivity contribution is 0.899. The average Bonchev–Trinajstić information content (AvgIpc) is 3.21. The fraction of sp³-hybridized carbons (Fsp3) is 0.0435. The summed E-state index contributed by atoms with van der Waals surface area (Å²) in [6.07, 6.45) is 0. The number of hydrogen-bond donors (Lipinski definition) is 1. The second-order valence-corrected chi connectivity index (χ2v) is 6.62. The van der Waals surface area contributed by atoms with Crippen molar-refractivity contribution in [3.63, 3.8) is 0 Å². The number of hydrogen-bond acceptors (Lipinski definition) is 5. The molecule has 0 atom stereocenters. The van der Waals surface area contributed by atoms with E-state index < -0.39 is 0 Å². The van der Waals surface area contributed by atoms with Crippen LogP contribution in [0.5, 0.6) is 0 Å². The van der Waals surface area contributed by atoms with Gasteiger partial charge in [0, 0.05) is 17.7 Å². The van der Waals surface area contributed by atoms with Gasteiger partial charge in [0.15, 0.2) is 0 Å². The number of rotatable bonds is 5. The SMILES string of the molecule is c1ccc(CNc2nnc3nc(-c4ccccc4)c(-c4ccccc4)nn23)cc1. The Kier molecular flexibility index (Phi) is 4.42. The van der Waals surface area contributed by atoms with E-state index in [2.05, 4.69) is 27.6 Å². The quantitative estimate of drug-likeness (QED) is 0.489. The third-order valence-corrected chi connectivity index (χ3v) is 4.65. The summed E-state index contributed by atoms with van der Waals surface area (Å²) >= 11 is 0.